The summed E-state index contributed by atoms with van der Waals surface area (Å²) < 4.78 is 69.0. The lowest BCUT2D eigenvalue weighted by Crippen LogP contribution is -2.53. The lowest BCUT2D eigenvalue weighted by molar-refractivity contribution is -0.274. The van der Waals surface area contributed by atoms with E-state index in [-0.39, 0.29) is 54.6 Å². The summed E-state index contributed by atoms with van der Waals surface area (Å²) in [6.45, 7) is 3.83. The van der Waals surface area contributed by atoms with Gasteiger partial charge in [-0.1, -0.05) is 66.6 Å². The van der Waals surface area contributed by atoms with Gasteiger partial charge in [-0.25, -0.2) is 4.39 Å². The highest BCUT2D eigenvalue weighted by Crippen LogP contribution is 2.59. The third kappa shape index (κ3) is 10.8. The Hall–Kier alpha value is -4.91. The molecule has 7 rings (SSSR count). The summed E-state index contributed by atoms with van der Waals surface area (Å²) in [5.74, 6) is -1.20. The van der Waals surface area contributed by atoms with E-state index in [4.69, 9.17) is 21.1 Å². The second-order valence-electron chi connectivity index (χ2n) is 16.6. The number of carbonyl (C=O) groups excluding carboxylic acids is 2. The summed E-state index contributed by atoms with van der Waals surface area (Å²) in [5.41, 5.74) is 1.62. The maximum Gasteiger partial charge on any atom is 0.573 e. The van der Waals surface area contributed by atoms with Gasteiger partial charge in [0.1, 0.15) is 11.6 Å². The number of ether oxygens (including phenoxy) is 3. The number of halogens is 5. The first-order valence-electron chi connectivity index (χ1n) is 20.4. The van der Waals surface area contributed by atoms with Crippen molar-refractivity contribution in [3.63, 3.8) is 0 Å². The van der Waals surface area contributed by atoms with Crippen LogP contribution < -0.4 is 14.2 Å². The lowest BCUT2D eigenvalue weighted by atomic mass is 9.64. The van der Waals surface area contributed by atoms with Crippen molar-refractivity contribution in [2.45, 2.75) is 102 Å². The Labute approximate surface area is 359 Å². The van der Waals surface area contributed by atoms with E-state index in [0.717, 1.165) is 11.1 Å². The van der Waals surface area contributed by atoms with Crippen molar-refractivity contribution >= 4 is 23.3 Å². The van der Waals surface area contributed by atoms with Gasteiger partial charge in [-0.2, -0.15) is 0 Å². The maximum atomic E-state index is 15.1. The fourth-order valence-electron chi connectivity index (χ4n) is 9.04. The molecule has 326 valence electrons. The molecule has 13 heteroatoms. The third-order valence-electron chi connectivity index (χ3n) is 12.5. The first-order chi connectivity index (χ1) is 28.9. The Morgan fingerprint density at radius 2 is 1.64 bits per heavy atom. The molecule has 0 saturated heterocycles. The molecule has 2 bridgehead atoms. The highest BCUT2D eigenvalue weighted by atomic mass is 35.5. The van der Waals surface area contributed by atoms with Crippen LogP contribution in [0.15, 0.2) is 90.5 Å². The van der Waals surface area contributed by atoms with E-state index in [2.05, 4.69) is 10.8 Å². The van der Waals surface area contributed by atoms with Crippen molar-refractivity contribution in [3.8, 4) is 17.2 Å². The normalized spacial score (nSPS) is 21.9. The monoisotopic (exact) mass is 865 g/mol. The standard InChI is InChI=1S/C48H52ClF4NO7/c1-30-7-6-21-46(2)39(36-18-13-32(23-34(55)15-10-30)24-37(36)42(56)27-38-40(49)8-5-9-41(38)50)20-22-47(46,58)29-54(28-31-11-16-35(17-12-31)61-48(51,52)53)45(57)26-33-14-19-43(59-3)44(25-33)60-4/h5,7-9,11-14,16-19,24-25,34,39,55,58H,6,10,15,20-23,26-29H2,1-4H3. The Balaban J connectivity index is 1.41. The number of Topliss-reactive ketones (excluding diaryl/α,β-unsaturated/α-hetero) is 1. The smallest absolute Gasteiger partial charge is 0.493 e. The summed E-state index contributed by atoms with van der Waals surface area (Å²) in [7, 11) is 2.99. The zero-order valence-electron chi connectivity index (χ0n) is 34.8. The zero-order valence-corrected chi connectivity index (χ0v) is 35.5. The molecule has 0 aromatic heterocycles. The number of hydrogen-bond acceptors (Lipinski definition) is 7. The molecular formula is C48H52ClF4NO7. The molecule has 4 aromatic rings. The summed E-state index contributed by atoms with van der Waals surface area (Å²) in [5, 5.41) is 24.3. The molecule has 1 saturated carbocycles. The second kappa shape index (κ2) is 19.0. The third-order valence-corrected chi connectivity index (χ3v) is 12.9. The van der Waals surface area contributed by atoms with Crippen LogP contribution in [0.2, 0.25) is 5.02 Å². The summed E-state index contributed by atoms with van der Waals surface area (Å²) >= 11 is 6.39. The van der Waals surface area contributed by atoms with Gasteiger partial charge in [0.15, 0.2) is 17.3 Å². The van der Waals surface area contributed by atoms with Crippen molar-refractivity contribution in [2.24, 2.45) is 5.41 Å². The van der Waals surface area contributed by atoms with Crippen molar-refractivity contribution < 1.29 is 51.6 Å². The highest BCUT2D eigenvalue weighted by Gasteiger charge is 2.57. The van der Waals surface area contributed by atoms with E-state index >= 15 is 4.39 Å². The minimum absolute atomic E-state index is 0.0371. The average molecular weight is 866 g/mol. The van der Waals surface area contributed by atoms with E-state index in [9.17, 15) is 33.0 Å². The molecule has 61 heavy (non-hydrogen) atoms. The van der Waals surface area contributed by atoms with Gasteiger partial charge in [-0.15, -0.1) is 13.2 Å². The van der Waals surface area contributed by atoms with Crippen LogP contribution in [0.1, 0.15) is 96.5 Å². The number of nitrogens with zero attached hydrogens (tertiary/aromatic N) is 1. The first-order valence-corrected chi connectivity index (χ1v) is 20.8. The largest absolute Gasteiger partial charge is 0.573 e. The fourth-order valence-corrected chi connectivity index (χ4v) is 9.27. The van der Waals surface area contributed by atoms with Gasteiger partial charge in [-0.05, 0) is 123 Å². The quantitative estimate of drug-likeness (QED) is 0.0830. The number of carbonyl (C=O) groups is 2. The predicted molar refractivity (Wildman–Crippen MR) is 225 cm³/mol. The number of allylic oxidation sites excluding steroid dienone is 2. The molecule has 0 radical (unpaired) electrons. The number of methoxy groups -OCH3 is 2. The molecule has 0 aliphatic heterocycles. The van der Waals surface area contributed by atoms with Crippen LogP contribution in [-0.4, -0.2) is 65.6 Å². The van der Waals surface area contributed by atoms with Gasteiger partial charge in [0.05, 0.1) is 38.9 Å². The summed E-state index contributed by atoms with van der Waals surface area (Å²) in [6, 6.07) is 20.2. The van der Waals surface area contributed by atoms with Crippen molar-refractivity contribution in [3.05, 3.63) is 135 Å². The molecule has 2 N–H and O–H groups in total. The van der Waals surface area contributed by atoms with Crippen LogP contribution in [0.4, 0.5) is 17.6 Å². The number of ketones is 1. The van der Waals surface area contributed by atoms with Gasteiger partial charge in [-0.3, -0.25) is 9.59 Å². The van der Waals surface area contributed by atoms with E-state index in [1.54, 1.807) is 24.3 Å². The van der Waals surface area contributed by atoms with Crippen molar-refractivity contribution in [2.75, 3.05) is 20.8 Å². The fraction of sp³-hybridized carbons (Fsp3) is 0.417. The maximum absolute atomic E-state index is 15.1. The Bertz CT molecular complexity index is 2230. The van der Waals surface area contributed by atoms with Crippen LogP contribution in [0.5, 0.6) is 17.2 Å². The Morgan fingerprint density at radius 1 is 0.918 bits per heavy atom. The van der Waals surface area contributed by atoms with Crippen LogP contribution >= 0.6 is 11.6 Å². The highest BCUT2D eigenvalue weighted by molar-refractivity contribution is 6.31. The number of alkyl halides is 3. The molecule has 4 atom stereocenters. The Kier molecular flexibility index (Phi) is 14.2. The van der Waals surface area contributed by atoms with Gasteiger partial charge in [0.25, 0.3) is 0 Å². The van der Waals surface area contributed by atoms with E-state index < -0.39 is 41.0 Å². The molecule has 0 spiro atoms. The second-order valence-corrected chi connectivity index (χ2v) is 17.0. The van der Waals surface area contributed by atoms with E-state index in [1.807, 2.05) is 26.0 Å². The molecule has 8 nitrogen and oxygen atoms in total. The molecule has 1 fully saturated rings. The van der Waals surface area contributed by atoms with Crippen LogP contribution in [0, 0.1) is 11.2 Å². The number of amides is 1. The Morgan fingerprint density at radius 3 is 2.33 bits per heavy atom. The number of aliphatic hydroxyl groups is 2. The minimum atomic E-state index is -4.88. The van der Waals surface area contributed by atoms with Crippen LogP contribution in [0.3, 0.4) is 0 Å². The summed E-state index contributed by atoms with van der Waals surface area (Å²) in [4.78, 5) is 30.4. The first kappa shape index (κ1) is 45.6. The number of fused-ring (bicyclic) bond motifs is 8. The molecule has 4 aromatic carbocycles. The molecule has 1 amide bonds. The topological polar surface area (TPSA) is 106 Å². The number of hydrogen-bond donors (Lipinski definition) is 2. The average Bonchev–Trinajstić information content (AvgIpc) is 3.46. The van der Waals surface area contributed by atoms with Crippen molar-refractivity contribution in [1.29, 1.82) is 0 Å². The zero-order chi connectivity index (χ0) is 44.1. The molecular weight excluding hydrogens is 814 g/mol. The van der Waals surface area contributed by atoms with Gasteiger partial charge in [0.2, 0.25) is 5.91 Å². The number of benzene rings is 4. The van der Waals surface area contributed by atoms with Crippen LogP contribution in [0.25, 0.3) is 0 Å². The van der Waals surface area contributed by atoms with Gasteiger partial charge < -0.3 is 29.3 Å². The van der Waals surface area contributed by atoms with Crippen molar-refractivity contribution in [1.82, 2.24) is 4.90 Å². The summed E-state index contributed by atoms with van der Waals surface area (Å²) in [6.07, 6.45) is -0.636. The molecule has 4 unspecified atom stereocenters. The van der Waals surface area contributed by atoms with Gasteiger partial charge >= 0.3 is 6.36 Å². The molecule has 3 aliphatic rings. The van der Waals surface area contributed by atoms with E-state index in [0.29, 0.717) is 72.3 Å². The minimum Gasteiger partial charge on any atom is -0.493 e. The number of rotatable bonds is 12. The molecule has 3 aliphatic carbocycles. The van der Waals surface area contributed by atoms with E-state index in [1.165, 1.54) is 61.6 Å². The lowest BCUT2D eigenvalue weighted by Gasteiger charge is -2.46. The van der Waals surface area contributed by atoms with Crippen LogP contribution in [-0.2, 0) is 30.6 Å². The van der Waals surface area contributed by atoms with Gasteiger partial charge in [0, 0.05) is 34.5 Å². The molecule has 0 heterocycles. The number of aliphatic hydroxyl groups excluding tert-OH is 1. The SMILES string of the molecule is COc1ccc(CC(=O)N(Cc2ccc(OC(F)(F)F)cc2)CC2(O)CCC3c4ccc(cc4C(=O)Cc4c(F)cccc4Cl)CC(O)CCC(C)=CCCC32C)cc1OC. The predicted octanol–water partition coefficient (Wildman–Crippen LogP) is 10.1.